The summed E-state index contributed by atoms with van der Waals surface area (Å²) in [6.45, 7) is 1.79. The van der Waals surface area contributed by atoms with Gasteiger partial charge in [-0.3, -0.25) is 4.79 Å². The predicted octanol–water partition coefficient (Wildman–Crippen LogP) is 3.44. The Balaban J connectivity index is 1.59. The third-order valence-corrected chi connectivity index (χ3v) is 6.17. The highest BCUT2D eigenvalue weighted by molar-refractivity contribution is 7.89. The Morgan fingerprint density at radius 2 is 1.96 bits per heavy atom. The van der Waals surface area contributed by atoms with E-state index >= 15 is 0 Å². The third kappa shape index (κ3) is 3.61. The second kappa shape index (κ2) is 6.96. The molecule has 1 heterocycles. The smallest absolute Gasteiger partial charge is 0.291 e. The molecule has 0 atom stereocenters. The standard InChI is InChI=1S/C20H20N2O5S/c1-12-17-11-15(26-2)8-9-18(17)27-19(12)20(23)21-14-4-3-5-16(10-14)28(24,25)22-13-6-7-13/h3-5,8-11,13,22H,6-7H2,1-2H3,(H,21,23). The van der Waals surface area contributed by atoms with Gasteiger partial charge in [0.05, 0.1) is 12.0 Å². The van der Waals surface area contributed by atoms with Crippen LogP contribution in [0.3, 0.4) is 0 Å². The first-order valence-corrected chi connectivity index (χ1v) is 10.4. The van der Waals surface area contributed by atoms with E-state index in [9.17, 15) is 13.2 Å². The number of aryl methyl sites for hydroxylation is 1. The number of hydrogen-bond donors (Lipinski definition) is 2. The summed E-state index contributed by atoms with van der Waals surface area (Å²) in [4.78, 5) is 12.8. The predicted molar refractivity (Wildman–Crippen MR) is 105 cm³/mol. The van der Waals surface area contributed by atoms with Crippen LogP contribution in [0.25, 0.3) is 11.0 Å². The SMILES string of the molecule is COc1ccc2oc(C(=O)Nc3cccc(S(=O)(=O)NC4CC4)c3)c(C)c2c1. The number of benzene rings is 2. The summed E-state index contributed by atoms with van der Waals surface area (Å²) in [7, 11) is -2.02. The lowest BCUT2D eigenvalue weighted by Gasteiger charge is -2.08. The number of ether oxygens (including phenoxy) is 1. The Morgan fingerprint density at radius 3 is 2.68 bits per heavy atom. The van der Waals surface area contributed by atoms with E-state index in [2.05, 4.69) is 10.0 Å². The molecule has 7 nitrogen and oxygen atoms in total. The molecule has 4 rings (SSSR count). The van der Waals surface area contributed by atoms with Crippen LogP contribution in [0.2, 0.25) is 0 Å². The average Bonchev–Trinajstić information content (AvgIpc) is 3.42. The molecule has 0 saturated heterocycles. The normalized spacial score (nSPS) is 14.2. The summed E-state index contributed by atoms with van der Waals surface area (Å²) in [6.07, 6.45) is 1.71. The van der Waals surface area contributed by atoms with Crippen LogP contribution in [-0.4, -0.2) is 27.5 Å². The second-order valence-corrected chi connectivity index (χ2v) is 8.51. The Kier molecular flexibility index (Phi) is 4.60. The number of furan rings is 1. The highest BCUT2D eigenvalue weighted by Crippen LogP contribution is 2.29. The van der Waals surface area contributed by atoms with E-state index in [-0.39, 0.29) is 16.7 Å². The minimum Gasteiger partial charge on any atom is -0.497 e. The monoisotopic (exact) mass is 400 g/mol. The summed E-state index contributed by atoms with van der Waals surface area (Å²) in [5.74, 6) is 0.398. The molecule has 1 aliphatic carbocycles. The van der Waals surface area contributed by atoms with Gasteiger partial charge in [0.25, 0.3) is 5.91 Å². The Labute approximate surface area is 162 Å². The van der Waals surface area contributed by atoms with Crippen molar-refractivity contribution in [2.75, 3.05) is 12.4 Å². The van der Waals surface area contributed by atoms with Crippen molar-refractivity contribution in [3.05, 3.63) is 53.8 Å². The number of hydrogen-bond acceptors (Lipinski definition) is 5. The van der Waals surface area contributed by atoms with Crippen molar-refractivity contribution in [2.45, 2.75) is 30.7 Å². The van der Waals surface area contributed by atoms with Crippen molar-refractivity contribution in [2.24, 2.45) is 0 Å². The van der Waals surface area contributed by atoms with Crippen LogP contribution in [-0.2, 0) is 10.0 Å². The molecule has 0 radical (unpaired) electrons. The van der Waals surface area contributed by atoms with E-state index in [1.54, 1.807) is 38.3 Å². The molecule has 1 saturated carbocycles. The maximum Gasteiger partial charge on any atom is 0.291 e. The van der Waals surface area contributed by atoms with Gasteiger partial charge < -0.3 is 14.5 Å². The molecule has 0 bridgehead atoms. The fraction of sp³-hybridized carbons (Fsp3) is 0.250. The summed E-state index contributed by atoms with van der Waals surface area (Å²) in [6, 6.07) is 11.5. The van der Waals surface area contributed by atoms with Crippen molar-refractivity contribution < 1.29 is 22.4 Å². The molecule has 1 aliphatic rings. The van der Waals surface area contributed by atoms with Gasteiger partial charge in [-0.2, -0.15) is 0 Å². The quantitative estimate of drug-likeness (QED) is 0.661. The van der Waals surface area contributed by atoms with E-state index in [4.69, 9.17) is 9.15 Å². The fourth-order valence-electron chi connectivity index (χ4n) is 2.96. The number of sulfonamides is 1. The van der Waals surface area contributed by atoms with Crippen LogP contribution < -0.4 is 14.8 Å². The first-order valence-electron chi connectivity index (χ1n) is 8.88. The largest absolute Gasteiger partial charge is 0.497 e. The number of rotatable bonds is 6. The molecule has 2 N–H and O–H groups in total. The van der Waals surface area contributed by atoms with Crippen molar-refractivity contribution in [1.82, 2.24) is 4.72 Å². The van der Waals surface area contributed by atoms with E-state index in [1.807, 2.05) is 6.07 Å². The topological polar surface area (TPSA) is 97.6 Å². The van der Waals surface area contributed by atoms with Gasteiger partial charge in [-0.25, -0.2) is 13.1 Å². The number of fused-ring (bicyclic) bond motifs is 1. The molecule has 1 fully saturated rings. The molecule has 0 aliphatic heterocycles. The van der Waals surface area contributed by atoms with Crippen molar-refractivity contribution in [1.29, 1.82) is 0 Å². The van der Waals surface area contributed by atoms with Gasteiger partial charge >= 0.3 is 0 Å². The molecule has 1 aromatic heterocycles. The molecular weight excluding hydrogens is 380 g/mol. The lowest BCUT2D eigenvalue weighted by atomic mass is 10.1. The van der Waals surface area contributed by atoms with Crippen LogP contribution in [0.4, 0.5) is 5.69 Å². The fourth-order valence-corrected chi connectivity index (χ4v) is 4.31. The summed E-state index contributed by atoms with van der Waals surface area (Å²) < 4.78 is 38.3. The highest BCUT2D eigenvalue weighted by Gasteiger charge is 2.28. The number of carbonyl (C=O) groups excluding carboxylic acids is 1. The van der Waals surface area contributed by atoms with Crippen molar-refractivity contribution in [3.8, 4) is 5.75 Å². The van der Waals surface area contributed by atoms with Crippen LogP contribution in [0.5, 0.6) is 5.75 Å². The van der Waals surface area contributed by atoms with Gasteiger partial charge in [-0.1, -0.05) is 6.07 Å². The minimum absolute atomic E-state index is 0.0124. The zero-order chi connectivity index (χ0) is 19.9. The van der Waals surface area contributed by atoms with Crippen molar-refractivity contribution >= 4 is 32.6 Å². The van der Waals surface area contributed by atoms with Gasteiger partial charge in [-0.05, 0) is 56.2 Å². The number of amides is 1. The molecule has 28 heavy (non-hydrogen) atoms. The minimum atomic E-state index is -3.59. The number of nitrogens with one attached hydrogen (secondary N) is 2. The van der Waals surface area contributed by atoms with Gasteiger partial charge in [-0.15, -0.1) is 0 Å². The molecular formula is C20H20N2O5S. The number of carbonyl (C=O) groups is 1. The van der Waals surface area contributed by atoms with Crippen molar-refractivity contribution in [3.63, 3.8) is 0 Å². The molecule has 0 spiro atoms. The number of methoxy groups -OCH3 is 1. The first-order chi connectivity index (χ1) is 13.4. The zero-order valence-corrected chi connectivity index (χ0v) is 16.3. The molecule has 0 unspecified atom stereocenters. The van der Waals surface area contributed by atoms with Gasteiger partial charge in [0.15, 0.2) is 5.76 Å². The van der Waals surface area contributed by atoms with Crippen LogP contribution in [0.1, 0.15) is 29.0 Å². The van der Waals surface area contributed by atoms with E-state index in [0.717, 1.165) is 18.2 Å². The van der Waals surface area contributed by atoms with Gasteiger partial charge in [0.1, 0.15) is 11.3 Å². The van der Waals surface area contributed by atoms with E-state index < -0.39 is 15.9 Å². The molecule has 1 amide bonds. The van der Waals surface area contributed by atoms with Crippen LogP contribution in [0.15, 0.2) is 51.8 Å². The van der Waals surface area contributed by atoms with Crippen LogP contribution >= 0.6 is 0 Å². The lowest BCUT2D eigenvalue weighted by Crippen LogP contribution is -2.25. The average molecular weight is 400 g/mol. The first kappa shape index (κ1) is 18.5. The maximum atomic E-state index is 12.7. The highest BCUT2D eigenvalue weighted by atomic mass is 32.2. The zero-order valence-electron chi connectivity index (χ0n) is 15.5. The molecule has 8 heteroatoms. The molecule has 2 aromatic carbocycles. The molecule has 146 valence electrons. The molecule has 3 aromatic rings. The lowest BCUT2D eigenvalue weighted by molar-refractivity contribution is 0.0998. The van der Waals surface area contributed by atoms with E-state index in [0.29, 0.717) is 22.6 Å². The Morgan fingerprint density at radius 1 is 1.18 bits per heavy atom. The second-order valence-electron chi connectivity index (χ2n) is 6.80. The number of anilines is 1. The summed E-state index contributed by atoms with van der Waals surface area (Å²) >= 11 is 0. The third-order valence-electron chi connectivity index (χ3n) is 4.65. The Bertz CT molecular complexity index is 1160. The van der Waals surface area contributed by atoms with Crippen LogP contribution in [0, 0.1) is 6.92 Å². The van der Waals surface area contributed by atoms with Gasteiger partial charge in [0.2, 0.25) is 10.0 Å². The van der Waals surface area contributed by atoms with E-state index in [1.165, 1.54) is 12.1 Å². The summed E-state index contributed by atoms with van der Waals surface area (Å²) in [5, 5.41) is 3.50. The Hall–Kier alpha value is -2.84. The van der Waals surface area contributed by atoms with Gasteiger partial charge in [0, 0.05) is 22.7 Å². The maximum absolute atomic E-state index is 12.7. The summed E-state index contributed by atoms with van der Waals surface area (Å²) in [5.41, 5.74) is 1.64.